The Morgan fingerprint density at radius 2 is 1.03 bits per heavy atom. The number of nitriles is 1. The fourth-order valence-electron chi connectivity index (χ4n) is 2.14. The molecule has 0 atom stereocenters. The summed E-state index contributed by atoms with van der Waals surface area (Å²) in [7, 11) is 0. The van der Waals surface area contributed by atoms with Crippen molar-refractivity contribution >= 4 is 17.1 Å². The summed E-state index contributed by atoms with van der Waals surface area (Å²) in [6.45, 7) is 0. The van der Waals surface area contributed by atoms with Crippen molar-refractivity contribution < 1.29 is 0 Å². The number of pyridine rings is 3. The number of nitrogens with zero attached hydrogens (tertiary/aromatic N) is 8. The van der Waals surface area contributed by atoms with E-state index in [2.05, 4.69) is 35.3 Å². The molecule has 6 N–H and O–H groups in total. The van der Waals surface area contributed by atoms with Gasteiger partial charge in [0.25, 0.3) is 0 Å². The molecule has 4 aromatic rings. The van der Waals surface area contributed by atoms with Crippen LogP contribution in [0.25, 0.3) is 23.0 Å². The van der Waals surface area contributed by atoms with Crippen molar-refractivity contribution in [2.45, 2.75) is 0 Å². The Kier molecular flexibility index (Phi) is 5.77. The Hall–Kier alpha value is -4.72. The molecule has 0 fully saturated rings. The first-order valence-electron chi connectivity index (χ1n) is 8.20. The molecule has 11 heteroatoms. The minimum Gasteiger partial charge on any atom is -0.397 e. The summed E-state index contributed by atoms with van der Waals surface area (Å²) in [5, 5.41) is 24.2. The van der Waals surface area contributed by atoms with Crippen LogP contribution in [-0.2, 0) is 0 Å². The highest BCUT2D eigenvalue weighted by Gasteiger charge is 2.12. The number of aromatic nitrogens is 7. The Morgan fingerprint density at radius 3 is 1.38 bits per heavy atom. The quantitative estimate of drug-likeness (QED) is 0.447. The summed E-state index contributed by atoms with van der Waals surface area (Å²) in [5.41, 5.74) is 19.5. The monoisotopic (exact) mass is 385 g/mol. The lowest BCUT2D eigenvalue weighted by Gasteiger charge is -2.03. The van der Waals surface area contributed by atoms with Crippen molar-refractivity contribution in [2.75, 3.05) is 17.2 Å². The molecule has 0 saturated carbocycles. The summed E-state index contributed by atoms with van der Waals surface area (Å²) >= 11 is 0. The van der Waals surface area contributed by atoms with Gasteiger partial charge >= 0.3 is 0 Å². The average molecular weight is 385 g/mol. The number of rotatable bonds is 2. The van der Waals surface area contributed by atoms with Crippen molar-refractivity contribution in [1.82, 2.24) is 35.3 Å². The summed E-state index contributed by atoms with van der Waals surface area (Å²) in [4.78, 5) is 11.9. The molecule has 142 valence electrons. The zero-order chi connectivity index (χ0) is 20.6. The third-order valence-electron chi connectivity index (χ3n) is 3.53. The maximum atomic E-state index is 8.33. The maximum Gasteiger partial charge on any atom is 0.224 e. The maximum absolute atomic E-state index is 8.33. The predicted molar refractivity (Wildman–Crippen MR) is 106 cm³/mol. The molecule has 0 radical (unpaired) electrons. The molecule has 0 spiro atoms. The number of hydrogen-bond acceptors (Lipinski definition) is 11. The van der Waals surface area contributed by atoms with E-state index in [1.807, 2.05) is 6.07 Å². The van der Waals surface area contributed by atoms with E-state index in [-0.39, 0.29) is 17.3 Å². The average Bonchev–Trinajstić information content (AvgIpc) is 2.76. The summed E-state index contributed by atoms with van der Waals surface area (Å²) < 4.78 is 0. The zero-order valence-electron chi connectivity index (χ0n) is 15.0. The number of hydrogen-bond donors (Lipinski definition) is 3. The second kappa shape index (κ2) is 8.78. The molecule has 0 aliphatic carbocycles. The van der Waals surface area contributed by atoms with Gasteiger partial charge in [0, 0.05) is 18.6 Å². The highest BCUT2D eigenvalue weighted by molar-refractivity contribution is 5.68. The molecule has 4 rings (SSSR count). The molecule has 0 aliphatic heterocycles. The standard InChI is InChI=1S/C12H10N8.C6H5N3/c13-7-3-1-5-15-9(7)11-17-19-12(20-18-11)10-8(14)4-2-6-16-10;7-4-6-5(8)2-1-3-9-6/h1-6H,13-14H2;1-3H,8H2. The summed E-state index contributed by atoms with van der Waals surface area (Å²) in [6, 6.07) is 12.1. The molecular formula is C18H15N11. The van der Waals surface area contributed by atoms with Crippen molar-refractivity contribution in [3.05, 3.63) is 60.7 Å². The van der Waals surface area contributed by atoms with Crippen molar-refractivity contribution in [3.8, 4) is 29.1 Å². The summed E-state index contributed by atoms with van der Waals surface area (Å²) in [5.74, 6) is 0.503. The van der Waals surface area contributed by atoms with Crippen LogP contribution in [0.15, 0.2) is 55.0 Å². The van der Waals surface area contributed by atoms with E-state index in [0.717, 1.165) is 0 Å². The van der Waals surface area contributed by atoms with E-state index >= 15 is 0 Å². The van der Waals surface area contributed by atoms with E-state index in [4.69, 9.17) is 22.5 Å². The van der Waals surface area contributed by atoms with Crippen molar-refractivity contribution in [2.24, 2.45) is 0 Å². The van der Waals surface area contributed by atoms with Gasteiger partial charge in [0.15, 0.2) is 5.69 Å². The Labute approximate surface area is 165 Å². The van der Waals surface area contributed by atoms with E-state index < -0.39 is 0 Å². The molecule has 0 aliphatic rings. The van der Waals surface area contributed by atoms with Gasteiger partial charge in [-0.3, -0.25) is 9.97 Å². The van der Waals surface area contributed by atoms with Crippen LogP contribution in [0, 0.1) is 11.3 Å². The minimum absolute atomic E-state index is 0.251. The van der Waals surface area contributed by atoms with Gasteiger partial charge in [-0.1, -0.05) is 0 Å². The van der Waals surface area contributed by atoms with Crippen LogP contribution in [0.3, 0.4) is 0 Å². The second-order valence-corrected chi connectivity index (χ2v) is 5.48. The molecule has 0 aromatic carbocycles. The van der Waals surface area contributed by atoms with Gasteiger partial charge in [-0.25, -0.2) is 4.98 Å². The van der Waals surface area contributed by atoms with E-state index in [9.17, 15) is 0 Å². The highest BCUT2D eigenvalue weighted by atomic mass is 15.3. The Balaban J connectivity index is 0.000000224. The smallest absolute Gasteiger partial charge is 0.224 e. The topological polar surface area (TPSA) is 192 Å². The van der Waals surface area contributed by atoms with Crippen LogP contribution >= 0.6 is 0 Å². The first kappa shape index (κ1) is 19.1. The van der Waals surface area contributed by atoms with Gasteiger partial charge in [-0.15, -0.1) is 20.4 Å². The largest absolute Gasteiger partial charge is 0.397 e. The van der Waals surface area contributed by atoms with Crippen molar-refractivity contribution in [3.63, 3.8) is 0 Å². The minimum atomic E-state index is 0.251. The first-order chi connectivity index (χ1) is 14.1. The molecule has 4 heterocycles. The van der Waals surface area contributed by atoms with Crippen LogP contribution < -0.4 is 17.2 Å². The molecule has 4 aromatic heterocycles. The van der Waals surface area contributed by atoms with E-state index in [1.54, 1.807) is 48.8 Å². The van der Waals surface area contributed by atoms with Gasteiger partial charge in [0.05, 0.1) is 17.1 Å². The lowest BCUT2D eigenvalue weighted by molar-refractivity contribution is 0.866. The van der Waals surface area contributed by atoms with Crippen LogP contribution in [-0.4, -0.2) is 35.3 Å². The molecule has 0 saturated heterocycles. The molecule has 0 unspecified atom stereocenters. The summed E-state index contributed by atoms with van der Waals surface area (Å²) in [6.07, 6.45) is 4.73. The molecule has 0 bridgehead atoms. The van der Waals surface area contributed by atoms with Crippen LogP contribution in [0.2, 0.25) is 0 Å². The lowest BCUT2D eigenvalue weighted by atomic mass is 10.3. The van der Waals surface area contributed by atoms with Gasteiger partial charge in [0.1, 0.15) is 17.5 Å². The first-order valence-corrected chi connectivity index (χ1v) is 8.20. The van der Waals surface area contributed by atoms with Crippen molar-refractivity contribution in [1.29, 1.82) is 5.26 Å². The Bertz CT molecular complexity index is 1090. The SMILES string of the molecule is N#Cc1ncccc1N.Nc1cccnc1-c1nnc(-c2ncccc2N)nn1. The normalized spacial score (nSPS) is 9.76. The molecule has 0 amide bonds. The van der Waals surface area contributed by atoms with Crippen LogP contribution in [0.4, 0.5) is 17.1 Å². The van der Waals surface area contributed by atoms with Gasteiger partial charge < -0.3 is 17.2 Å². The van der Waals surface area contributed by atoms with Gasteiger partial charge in [0.2, 0.25) is 11.6 Å². The number of nitrogens with two attached hydrogens (primary N) is 3. The van der Waals surface area contributed by atoms with Crippen LogP contribution in [0.5, 0.6) is 0 Å². The Morgan fingerprint density at radius 1 is 0.621 bits per heavy atom. The second-order valence-electron chi connectivity index (χ2n) is 5.48. The fraction of sp³-hybridized carbons (Fsp3) is 0. The van der Waals surface area contributed by atoms with Crippen LogP contribution in [0.1, 0.15) is 5.69 Å². The third-order valence-corrected chi connectivity index (χ3v) is 3.53. The van der Waals surface area contributed by atoms with Gasteiger partial charge in [-0.05, 0) is 36.4 Å². The lowest BCUT2D eigenvalue weighted by Crippen LogP contribution is -2.04. The van der Waals surface area contributed by atoms with E-state index in [1.165, 1.54) is 6.20 Å². The predicted octanol–water partition coefficient (Wildman–Crippen LogP) is 1.09. The zero-order valence-corrected chi connectivity index (χ0v) is 15.0. The molecular weight excluding hydrogens is 370 g/mol. The van der Waals surface area contributed by atoms with Gasteiger partial charge in [-0.2, -0.15) is 5.26 Å². The fourth-order valence-corrected chi connectivity index (χ4v) is 2.14. The number of nitrogen functional groups attached to an aromatic ring is 3. The molecule has 11 nitrogen and oxygen atoms in total. The number of anilines is 3. The molecule has 29 heavy (non-hydrogen) atoms. The highest BCUT2D eigenvalue weighted by Crippen LogP contribution is 2.20. The third kappa shape index (κ3) is 4.52. The van der Waals surface area contributed by atoms with E-state index in [0.29, 0.717) is 28.5 Å².